The maximum Gasteiger partial charge on any atom is 0.230 e. The molecule has 0 N–H and O–H groups in total. The van der Waals surface area contributed by atoms with E-state index in [4.69, 9.17) is 0 Å². The first kappa shape index (κ1) is 14.0. The lowest BCUT2D eigenvalue weighted by Gasteiger charge is -2.47. The molecule has 1 aromatic carbocycles. The molecule has 5 rings (SSSR count). The van der Waals surface area contributed by atoms with Crippen LogP contribution in [-0.2, 0) is 11.2 Å². The molecule has 1 atom stereocenters. The third-order valence-corrected chi connectivity index (χ3v) is 6.36. The summed E-state index contributed by atoms with van der Waals surface area (Å²) < 4.78 is 0. The van der Waals surface area contributed by atoms with Crippen molar-refractivity contribution in [2.75, 3.05) is 24.5 Å². The number of hydrogen-bond donors (Lipinski definition) is 0. The van der Waals surface area contributed by atoms with Crippen molar-refractivity contribution in [2.45, 2.75) is 50.5 Å². The van der Waals surface area contributed by atoms with Gasteiger partial charge in [0.05, 0.1) is 0 Å². The SMILES string of the molecule is O=C(C1CC1)N1CC2(CCCN2CC2CC2)Cc2ccccc21. The highest BCUT2D eigenvalue weighted by Gasteiger charge is 2.49. The van der Waals surface area contributed by atoms with Crippen LogP contribution in [0.3, 0.4) is 0 Å². The topological polar surface area (TPSA) is 23.6 Å². The summed E-state index contributed by atoms with van der Waals surface area (Å²) in [6.07, 6.45) is 8.68. The molecule has 2 aliphatic carbocycles. The molecule has 0 bridgehead atoms. The Morgan fingerprint density at radius 2 is 2.00 bits per heavy atom. The number of carbonyl (C=O) groups excluding carboxylic acids is 1. The highest BCUT2D eigenvalue weighted by atomic mass is 16.2. The van der Waals surface area contributed by atoms with E-state index >= 15 is 0 Å². The van der Waals surface area contributed by atoms with Crippen molar-refractivity contribution in [3.8, 4) is 0 Å². The molecule has 1 saturated heterocycles. The lowest BCUT2D eigenvalue weighted by molar-refractivity contribution is -0.120. The van der Waals surface area contributed by atoms with Gasteiger partial charge in [-0.25, -0.2) is 0 Å². The van der Waals surface area contributed by atoms with Gasteiger partial charge in [0.1, 0.15) is 0 Å². The summed E-state index contributed by atoms with van der Waals surface area (Å²) in [5, 5.41) is 0. The van der Waals surface area contributed by atoms with Gasteiger partial charge in [0.15, 0.2) is 0 Å². The second-order valence-electron chi connectivity index (χ2n) is 8.22. The van der Waals surface area contributed by atoms with Gasteiger partial charge < -0.3 is 4.90 Å². The Kier molecular flexibility index (Phi) is 3.09. The summed E-state index contributed by atoms with van der Waals surface area (Å²) >= 11 is 0. The summed E-state index contributed by atoms with van der Waals surface area (Å²) in [6.45, 7) is 3.41. The quantitative estimate of drug-likeness (QED) is 0.856. The van der Waals surface area contributed by atoms with E-state index in [1.165, 1.54) is 50.0 Å². The highest BCUT2D eigenvalue weighted by molar-refractivity contribution is 5.97. The Morgan fingerprint density at radius 1 is 1.17 bits per heavy atom. The second kappa shape index (κ2) is 5.07. The first-order chi connectivity index (χ1) is 11.3. The van der Waals surface area contributed by atoms with Crippen LogP contribution in [0.2, 0.25) is 0 Å². The number of carbonyl (C=O) groups is 1. The number of nitrogens with zero attached hydrogens (tertiary/aromatic N) is 2. The molecular weight excluding hydrogens is 284 g/mol. The van der Waals surface area contributed by atoms with Crippen LogP contribution in [0.25, 0.3) is 0 Å². The molecule has 1 aromatic rings. The van der Waals surface area contributed by atoms with Gasteiger partial charge in [0.2, 0.25) is 5.91 Å². The first-order valence-corrected chi connectivity index (χ1v) is 9.40. The average molecular weight is 310 g/mol. The van der Waals surface area contributed by atoms with E-state index in [0.717, 1.165) is 31.7 Å². The van der Waals surface area contributed by atoms with E-state index in [9.17, 15) is 4.79 Å². The minimum absolute atomic E-state index is 0.210. The van der Waals surface area contributed by atoms with Crippen molar-refractivity contribution >= 4 is 11.6 Å². The Bertz CT molecular complexity index is 634. The van der Waals surface area contributed by atoms with Crippen molar-refractivity contribution in [3.05, 3.63) is 29.8 Å². The zero-order chi connectivity index (χ0) is 15.4. The van der Waals surface area contributed by atoms with Crippen LogP contribution in [0.4, 0.5) is 5.69 Å². The van der Waals surface area contributed by atoms with Crippen LogP contribution in [0, 0.1) is 11.8 Å². The molecule has 23 heavy (non-hydrogen) atoms. The van der Waals surface area contributed by atoms with E-state index in [1.807, 2.05) is 0 Å². The molecule has 4 aliphatic rings. The van der Waals surface area contributed by atoms with Crippen LogP contribution in [0.5, 0.6) is 0 Å². The predicted molar refractivity (Wildman–Crippen MR) is 91.5 cm³/mol. The van der Waals surface area contributed by atoms with E-state index in [1.54, 1.807) is 0 Å². The van der Waals surface area contributed by atoms with Gasteiger partial charge in [-0.1, -0.05) is 18.2 Å². The first-order valence-electron chi connectivity index (χ1n) is 9.40. The molecule has 1 unspecified atom stereocenters. The molecule has 2 aliphatic heterocycles. The number of fused-ring (bicyclic) bond motifs is 1. The Hall–Kier alpha value is -1.35. The van der Waals surface area contributed by atoms with Gasteiger partial charge in [0.25, 0.3) is 0 Å². The predicted octanol–water partition coefficient (Wildman–Crippen LogP) is 3.23. The fraction of sp³-hybridized carbons (Fsp3) is 0.650. The van der Waals surface area contributed by atoms with Gasteiger partial charge in [-0.15, -0.1) is 0 Å². The summed E-state index contributed by atoms with van der Waals surface area (Å²) in [7, 11) is 0. The van der Waals surface area contributed by atoms with Gasteiger partial charge in [-0.05, 0) is 69.0 Å². The lowest BCUT2D eigenvalue weighted by Crippen LogP contribution is -2.58. The van der Waals surface area contributed by atoms with Crippen molar-refractivity contribution in [2.24, 2.45) is 11.8 Å². The maximum atomic E-state index is 12.9. The molecule has 3 fully saturated rings. The van der Waals surface area contributed by atoms with Crippen LogP contribution < -0.4 is 4.90 Å². The van der Waals surface area contributed by atoms with Gasteiger partial charge in [-0.2, -0.15) is 0 Å². The zero-order valence-electron chi connectivity index (χ0n) is 13.8. The summed E-state index contributed by atoms with van der Waals surface area (Å²) in [6, 6.07) is 8.62. The average Bonchev–Trinajstić information content (AvgIpc) is 3.46. The summed E-state index contributed by atoms with van der Waals surface area (Å²) in [5.41, 5.74) is 2.78. The van der Waals surface area contributed by atoms with Crippen LogP contribution in [0.15, 0.2) is 24.3 Å². The number of rotatable bonds is 3. The van der Waals surface area contributed by atoms with Crippen LogP contribution in [0.1, 0.15) is 44.1 Å². The smallest absolute Gasteiger partial charge is 0.230 e. The van der Waals surface area contributed by atoms with Crippen molar-refractivity contribution in [3.63, 3.8) is 0 Å². The molecule has 1 spiro atoms. The monoisotopic (exact) mass is 310 g/mol. The molecule has 2 heterocycles. The minimum Gasteiger partial charge on any atom is -0.310 e. The second-order valence-corrected chi connectivity index (χ2v) is 8.22. The normalized spacial score (nSPS) is 30.7. The number of anilines is 1. The number of hydrogen-bond acceptors (Lipinski definition) is 2. The van der Waals surface area contributed by atoms with Crippen molar-refractivity contribution in [1.29, 1.82) is 0 Å². The summed E-state index contributed by atoms with van der Waals surface area (Å²) in [5.74, 6) is 1.61. The van der Waals surface area contributed by atoms with Gasteiger partial charge >= 0.3 is 0 Å². The molecular formula is C20H26N2O. The molecule has 3 nitrogen and oxygen atoms in total. The number of amides is 1. The number of para-hydroxylation sites is 1. The third-order valence-electron chi connectivity index (χ3n) is 6.36. The molecule has 2 saturated carbocycles. The van der Waals surface area contributed by atoms with Gasteiger partial charge in [-0.3, -0.25) is 9.69 Å². The Balaban J connectivity index is 1.50. The van der Waals surface area contributed by atoms with E-state index < -0.39 is 0 Å². The minimum atomic E-state index is 0.210. The lowest BCUT2D eigenvalue weighted by atomic mass is 9.82. The van der Waals surface area contributed by atoms with Crippen LogP contribution >= 0.6 is 0 Å². The molecule has 0 aromatic heterocycles. The molecule has 122 valence electrons. The molecule has 0 radical (unpaired) electrons. The Labute approximate surface area is 138 Å². The number of likely N-dealkylation sites (tertiary alicyclic amines) is 1. The third kappa shape index (κ3) is 2.40. The largest absolute Gasteiger partial charge is 0.310 e. The molecule has 1 amide bonds. The van der Waals surface area contributed by atoms with E-state index in [2.05, 4.69) is 34.1 Å². The summed E-state index contributed by atoms with van der Waals surface area (Å²) in [4.78, 5) is 17.8. The fourth-order valence-corrected chi connectivity index (χ4v) is 4.73. The van der Waals surface area contributed by atoms with Crippen LogP contribution in [-0.4, -0.2) is 36.0 Å². The van der Waals surface area contributed by atoms with E-state index in [-0.39, 0.29) is 5.54 Å². The standard InChI is InChI=1S/C20H26N2O/c23-19(16-8-9-16)22-14-20(12-17-4-1-2-5-18(17)22)10-3-11-21(20)13-15-6-7-15/h1-2,4-5,15-16H,3,6-14H2. The maximum absolute atomic E-state index is 12.9. The zero-order valence-corrected chi connectivity index (χ0v) is 13.8. The fourth-order valence-electron chi connectivity index (χ4n) is 4.73. The molecule has 3 heteroatoms. The Morgan fingerprint density at radius 3 is 2.78 bits per heavy atom. The van der Waals surface area contributed by atoms with E-state index in [0.29, 0.717) is 11.8 Å². The van der Waals surface area contributed by atoms with Gasteiger partial charge in [0, 0.05) is 30.2 Å². The van der Waals surface area contributed by atoms with Crippen molar-refractivity contribution < 1.29 is 4.79 Å². The van der Waals surface area contributed by atoms with Crippen molar-refractivity contribution in [1.82, 2.24) is 4.90 Å². The highest BCUT2D eigenvalue weighted by Crippen LogP contribution is 2.44. The number of benzene rings is 1.